The highest BCUT2D eigenvalue weighted by Gasteiger charge is 2.14. The van der Waals surface area contributed by atoms with E-state index < -0.39 is 0 Å². The minimum absolute atomic E-state index is 0.00735. The van der Waals surface area contributed by atoms with Crippen LogP contribution in [0.4, 0.5) is 5.69 Å². The van der Waals surface area contributed by atoms with Crippen LogP contribution in [0.3, 0.4) is 0 Å². The lowest BCUT2D eigenvalue weighted by molar-refractivity contribution is -0.120. The Balaban J connectivity index is 1.81. The van der Waals surface area contributed by atoms with Gasteiger partial charge in [0.05, 0.1) is 17.3 Å². The number of rotatable bonds is 4. The van der Waals surface area contributed by atoms with Crippen molar-refractivity contribution < 1.29 is 4.79 Å². The zero-order valence-corrected chi connectivity index (χ0v) is 12.9. The molecule has 3 nitrogen and oxygen atoms in total. The molecule has 0 bridgehead atoms. The smallest absolute Gasteiger partial charge is 0.239 e. The molecule has 2 N–H and O–H groups in total. The van der Waals surface area contributed by atoms with Crippen molar-refractivity contribution in [1.82, 2.24) is 5.32 Å². The van der Waals surface area contributed by atoms with E-state index in [0.717, 1.165) is 12.8 Å². The zero-order valence-electron chi connectivity index (χ0n) is 11.4. The molecular formula is C15H20Cl2N2O. The zero-order chi connectivity index (χ0) is 14.4. The summed E-state index contributed by atoms with van der Waals surface area (Å²) in [6, 6.07) is 5.49. The van der Waals surface area contributed by atoms with E-state index in [1.54, 1.807) is 18.2 Å². The van der Waals surface area contributed by atoms with E-state index >= 15 is 0 Å². The van der Waals surface area contributed by atoms with Crippen molar-refractivity contribution in [2.75, 3.05) is 11.9 Å². The molecule has 1 aromatic rings. The molecule has 0 radical (unpaired) electrons. The largest absolute Gasteiger partial charge is 0.375 e. The molecule has 20 heavy (non-hydrogen) atoms. The molecule has 0 aromatic heterocycles. The number of hydrogen-bond acceptors (Lipinski definition) is 2. The lowest BCUT2D eigenvalue weighted by Crippen LogP contribution is -2.38. The van der Waals surface area contributed by atoms with Gasteiger partial charge in [-0.1, -0.05) is 48.9 Å². The second-order valence-corrected chi connectivity index (χ2v) is 6.08. The number of hydrogen-bond donors (Lipinski definition) is 2. The first-order chi connectivity index (χ1) is 9.65. The molecule has 1 aliphatic rings. The van der Waals surface area contributed by atoms with Gasteiger partial charge in [-0.05, 0) is 31.0 Å². The van der Waals surface area contributed by atoms with Gasteiger partial charge in [-0.15, -0.1) is 0 Å². The maximum absolute atomic E-state index is 11.9. The Morgan fingerprint density at radius 2 is 1.85 bits per heavy atom. The molecule has 0 spiro atoms. The molecule has 1 saturated carbocycles. The third kappa shape index (κ3) is 4.88. The van der Waals surface area contributed by atoms with Crippen LogP contribution in [-0.4, -0.2) is 18.5 Å². The number of halogens is 2. The van der Waals surface area contributed by atoms with Crippen molar-refractivity contribution in [3.8, 4) is 0 Å². The van der Waals surface area contributed by atoms with Gasteiger partial charge in [-0.2, -0.15) is 0 Å². The van der Waals surface area contributed by atoms with Gasteiger partial charge >= 0.3 is 0 Å². The van der Waals surface area contributed by atoms with Crippen LogP contribution in [0, 0.1) is 0 Å². The summed E-state index contributed by atoms with van der Waals surface area (Å²) < 4.78 is 0. The molecule has 1 aliphatic carbocycles. The normalized spacial score (nSPS) is 16.5. The SMILES string of the molecule is O=C(CNc1cc(Cl)ccc1Cl)NC1CCCCCC1. The lowest BCUT2D eigenvalue weighted by Gasteiger charge is -2.17. The van der Waals surface area contributed by atoms with Crippen LogP contribution in [0.25, 0.3) is 0 Å². The molecule has 0 saturated heterocycles. The van der Waals surface area contributed by atoms with Crippen molar-refractivity contribution in [3.63, 3.8) is 0 Å². The average Bonchev–Trinajstić information content (AvgIpc) is 2.68. The van der Waals surface area contributed by atoms with Gasteiger partial charge in [0, 0.05) is 11.1 Å². The fourth-order valence-corrected chi connectivity index (χ4v) is 2.87. The van der Waals surface area contributed by atoms with Crippen LogP contribution in [0.15, 0.2) is 18.2 Å². The summed E-state index contributed by atoms with van der Waals surface area (Å²) in [5, 5.41) is 7.28. The quantitative estimate of drug-likeness (QED) is 0.816. The fourth-order valence-electron chi connectivity index (χ4n) is 2.51. The molecule has 110 valence electrons. The maximum Gasteiger partial charge on any atom is 0.239 e. The number of carbonyl (C=O) groups excluding carboxylic acids is 1. The van der Waals surface area contributed by atoms with Gasteiger partial charge in [0.2, 0.25) is 5.91 Å². The van der Waals surface area contributed by atoms with Crippen LogP contribution < -0.4 is 10.6 Å². The summed E-state index contributed by atoms with van der Waals surface area (Å²) in [5.41, 5.74) is 0.690. The van der Waals surface area contributed by atoms with E-state index in [2.05, 4.69) is 10.6 Å². The van der Waals surface area contributed by atoms with Gasteiger partial charge in [-0.3, -0.25) is 4.79 Å². The topological polar surface area (TPSA) is 41.1 Å². The van der Waals surface area contributed by atoms with E-state index in [4.69, 9.17) is 23.2 Å². The van der Waals surface area contributed by atoms with Crippen LogP contribution in [-0.2, 0) is 4.79 Å². The monoisotopic (exact) mass is 314 g/mol. The first-order valence-electron chi connectivity index (χ1n) is 7.13. The Kier molecular flexibility index (Phi) is 5.99. The van der Waals surface area contributed by atoms with Gasteiger partial charge in [-0.25, -0.2) is 0 Å². The molecule has 0 heterocycles. The molecule has 1 fully saturated rings. The van der Waals surface area contributed by atoms with Gasteiger partial charge in [0.15, 0.2) is 0 Å². The van der Waals surface area contributed by atoms with Crippen LogP contribution in [0.1, 0.15) is 38.5 Å². The first-order valence-corrected chi connectivity index (χ1v) is 7.89. The molecule has 0 atom stereocenters. The Hall–Kier alpha value is -0.930. The van der Waals surface area contributed by atoms with Crippen molar-refractivity contribution in [3.05, 3.63) is 28.2 Å². The highest BCUT2D eigenvalue weighted by atomic mass is 35.5. The lowest BCUT2D eigenvalue weighted by atomic mass is 10.1. The van der Waals surface area contributed by atoms with Crippen LogP contribution >= 0.6 is 23.2 Å². The Labute approximate surface area is 130 Å². The van der Waals surface area contributed by atoms with Crippen molar-refractivity contribution in [2.24, 2.45) is 0 Å². The summed E-state index contributed by atoms with van der Waals surface area (Å²) in [6.45, 7) is 0.219. The number of anilines is 1. The summed E-state index contributed by atoms with van der Waals surface area (Å²) in [4.78, 5) is 11.9. The number of benzene rings is 1. The second kappa shape index (κ2) is 7.75. The Morgan fingerprint density at radius 3 is 2.55 bits per heavy atom. The minimum Gasteiger partial charge on any atom is -0.375 e. The molecule has 1 amide bonds. The molecule has 1 aromatic carbocycles. The van der Waals surface area contributed by atoms with E-state index in [1.165, 1.54) is 25.7 Å². The first kappa shape index (κ1) is 15.5. The molecule has 5 heteroatoms. The minimum atomic E-state index is 0.00735. The Morgan fingerprint density at radius 1 is 1.15 bits per heavy atom. The fraction of sp³-hybridized carbons (Fsp3) is 0.533. The molecular weight excluding hydrogens is 295 g/mol. The standard InChI is InChI=1S/C15H20Cl2N2O/c16-11-7-8-13(17)14(9-11)18-10-15(20)19-12-5-3-1-2-4-6-12/h7-9,12,18H,1-6,10H2,(H,19,20). The van der Waals surface area contributed by atoms with E-state index in [9.17, 15) is 4.79 Å². The van der Waals surface area contributed by atoms with Gasteiger partial charge < -0.3 is 10.6 Å². The third-order valence-electron chi connectivity index (χ3n) is 3.59. The van der Waals surface area contributed by atoms with E-state index in [1.807, 2.05) is 0 Å². The predicted octanol–water partition coefficient (Wildman–Crippen LogP) is 4.24. The van der Waals surface area contributed by atoms with Crippen molar-refractivity contribution in [2.45, 2.75) is 44.6 Å². The van der Waals surface area contributed by atoms with E-state index in [-0.39, 0.29) is 12.5 Å². The average molecular weight is 315 g/mol. The van der Waals surface area contributed by atoms with Gasteiger partial charge in [0.1, 0.15) is 0 Å². The summed E-state index contributed by atoms with van der Waals surface area (Å²) in [7, 11) is 0. The molecule has 0 aliphatic heterocycles. The van der Waals surface area contributed by atoms with Crippen molar-refractivity contribution >= 4 is 34.8 Å². The molecule has 2 rings (SSSR count). The molecule has 0 unspecified atom stereocenters. The van der Waals surface area contributed by atoms with Gasteiger partial charge in [0.25, 0.3) is 0 Å². The van der Waals surface area contributed by atoms with E-state index in [0.29, 0.717) is 21.8 Å². The predicted molar refractivity (Wildman–Crippen MR) is 84.6 cm³/mol. The Bertz CT molecular complexity index is 457. The number of carbonyl (C=O) groups is 1. The maximum atomic E-state index is 11.9. The third-order valence-corrected chi connectivity index (χ3v) is 4.15. The number of nitrogens with one attached hydrogen (secondary N) is 2. The highest BCUT2D eigenvalue weighted by molar-refractivity contribution is 6.35. The van der Waals surface area contributed by atoms with Crippen LogP contribution in [0.5, 0.6) is 0 Å². The summed E-state index contributed by atoms with van der Waals surface area (Å²) >= 11 is 11.9. The highest BCUT2D eigenvalue weighted by Crippen LogP contribution is 2.25. The summed E-state index contributed by atoms with van der Waals surface area (Å²) in [5.74, 6) is 0.00735. The summed E-state index contributed by atoms with van der Waals surface area (Å²) in [6.07, 6.45) is 7.15. The van der Waals surface area contributed by atoms with Crippen molar-refractivity contribution in [1.29, 1.82) is 0 Å². The second-order valence-electron chi connectivity index (χ2n) is 5.23. The van der Waals surface area contributed by atoms with Crippen LogP contribution in [0.2, 0.25) is 10.0 Å². The number of amides is 1.